The van der Waals surface area contributed by atoms with Crippen molar-refractivity contribution in [2.45, 2.75) is 26.1 Å². The first-order chi connectivity index (χ1) is 9.61. The maximum absolute atomic E-state index is 12.0. The lowest BCUT2D eigenvalue weighted by atomic mass is 10.3. The summed E-state index contributed by atoms with van der Waals surface area (Å²) in [6.45, 7) is 2.90. The van der Waals surface area contributed by atoms with Crippen molar-refractivity contribution in [3.05, 3.63) is 39.7 Å². The molecular weight excluding hydrogens is 322 g/mol. The predicted molar refractivity (Wildman–Crippen MR) is 80.3 cm³/mol. The van der Waals surface area contributed by atoms with Gasteiger partial charge in [0.15, 0.2) is 0 Å². The molecule has 0 saturated carbocycles. The molecule has 2 aromatic rings. The van der Waals surface area contributed by atoms with Gasteiger partial charge in [0.1, 0.15) is 11.0 Å². The quantitative estimate of drug-likeness (QED) is 0.837. The van der Waals surface area contributed by atoms with Crippen LogP contribution in [0.1, 0.15) is 6.92 Å². The molecule has 0 saturated heterocycles. The molecule has 2 aromatic heterocycles. The van der Waals surface area contributed by atoms with Gasteiger partial charge in [-0.25, -0.2) is 9.67 Å². The van der Waals surface area contributed by atoms with Gasteiger partial charge in [-0.3, -0.25) is 4.79 Å². The average molecular weight is 336 g/mol. The third-order valence-electron chi connectivity index (χ3n) is 2.67. The molecule has 0 radical (unpaired) electrons. The van der Waals surface area contributed by atoms with Crippen LogP contribution in [0.4, 0.5) is 5.69 Å². The fourth-order valence-electron chi connectivity index (χ4n) is 1.79. The van der Waals surface area contributed by atoms with Crippen LogP contribution >= 0.6 is 15.9 Å². The largest absolute Gasteiger partial charge is 0.378 e. The second-order valence-corrected chi connectivity index (χ2v) is 5.14. The van der Waals surface area contributed by atoms with Crippen LogP contribution in [0.5, 0.6) is 0 Å². The van der Waals surface area contributed by atoms with Crippen LogP contribution in [0, 0.1) is 12.3 Å². The van der Waals surface area contributed by atoms with Crippen molar-refractivity contribution >= 4 is 21.6 Å². The Kier molecular flexibility index (Phi) is 4.58. The molecule has 0 aromatic carbocycles. The second-order valence-electron chi connectivity index (χ2n) is 4.34. The molecule has 0 bridgehead atoms. The first kappa shape index (κ1) is 14.3. The fraction of sp³-hybridized carbons (Fsp3) is 0.308. The predicted octanol–water partition coefficient (Wildman–Crippen LogP) is 1.34. The van der Waals surface area contributed by atoms with Crippen molar-refractivity contribution in [1.29, 1.82) is 0 Å². The van der Waals surface area contributed by atoms with Crippen LogP contribution in [-0.4, -0.2) is 25.4 Å². The van der Waals surface area contributed by atoms with E-state index in [0.717, 1.165) is 6.54 Å². The topological polar surface area (TPSA) is 64.7 Å². The van der Waals surface area contributed by atoms with E-state index in [1.54, 1.807) is 18.7 Å². The summed E-state index contributed by atoms with van der Waals surface area (Å²) >= 11 is 3.28. The normalized spacial score (nSPS) is 11.8. The van der Waals surface area contributed by atoms with Crippen LogP contribution in [0.2, 0.25) is 0 Å². The van der Waals surface area contributed by atoms with Gasteiger partial charge in [0.2, 0.25) is 0 Å². The number of aromatic nitrogens is 4. The van der Waals surface area contributed by atoms with Gasteiger partial charge in [-0.1, -0.05) is 5.92 Å². The molecule has 1 unspecified atom stereocenters. The number of terminal acetylenes is 1. The van der Waals surface area contributed by atoms with Crippen LogP contribution < -0.4 is 10.9 Å². The zero-order chi connectivity index (χ0) is 14.5. The van der Waals surface area contributed by atoms with E-state index in [4.69, 9.17) is 6.42 Å². The minimum absolute atomic E-state index is 0.116. The van der Waals surface area contributed by atoms with E-state index < -0.39 is 0 Å². The summed E-state index contributed by atoms with van der Waals surface area (Å²) in [5.41, 5.74) is 0.402. The highest BCUT2D eigenvalue weighted by molar-refractivity contribution is 9.10. The second kappa shape index (κ2) is 6.39. The maximum Gasteiger partial charge on any atom is 0.284 e. The number of halogens is 1. The molecule has 0 aliphatic rings. The third kappa shape index (κ3) is 3.27. The average Bonchev–Trinajstić information content (AvgIpc) is 2.91. The van der Waals surface area contributed by atoms with Gasteiger partial charge in [-0.15, -0.1) is 6.42 Å². The zero-order valence-electron chi connectivity index (χ0n) is 11.0. The number of imidazole rings is 1. The Bertz CT molecular complexity index is 671. The van der Waals surface area contributed by atoms with Crippen molar-refractivity contribution in [3.63, 3.8) is 0 Å². The van der Waals surface area contributed by atoms with Crippen molar-refractivity contribution in [3.8, 4) is 12.3 Å². The first-order valence-electron chi connectivity index (χ1n) is 6.03. The van der Waals surface area contributed by atoms with E-state index in [1.165, 1.54) is 4.68 Å². The third-order valence-corrected chi connectivity index (χ3v) is 3.44. The van der Waals surface area contributed by atoms with Gasteiger partial charge in [0, 0.05) is 25.0 Å². The summed E-state index contributed by atoms with van der Waals surface area (Å²) in [6.07, 6.45) is 12.1. The van der Waals surface area contributed by atoms with Crippen LogP contribution in [-0.2, 0) is 13.1 Å². The highest BCUT2D eigenvalue weighted by Gasteiger charge is 2.11. The summed E-state index contributed by atoms with van der Waals surface area (Å²) in [6, 6.07) is 0.116. The lowest BCUT2D eigenvalue weighted by Gasteiger charge is -2.16. The summed E-state index contributed by atoms with van der Waals surface area (Å²) < 4.78 is 3.62. The van der Waals surface area contributed by atoms with Gasteiger partial charge in [-0.2, -0.15) is 5.10 Å². The standard InChI is InChI=1S/C13H14BrN5O/c1-3-5-19-13(20)12(14)11(7-16-19)17-10(2)8-18-6-4-15-9-18/h1,4,6-7,9-10,17H,5,8H2,2H3. The van der Waals surface area contributed by atoms with Crippen LogP contribution in [0.25, 0.3) is 0 Å². The van der Waals surface area contributed by atoms with Crippen molar-refractivity contribution < 1.29 is 0 Å². The summed E-state index contributed by atoms with van der Waals surface area (Å²) in [4.78, 5) is 16.0. The maximum atomic E-state index is 12.0. The molecule has 104 valence electrons. The molecular formula is C13H14BrN5O. The molecule has 0 aliphatic heterocycles. The highest BCUT2D eigenvalue weighted by Crippen LogP contribution is 2.17. The number of anilines is 1. The van der Waals surface area contributed by atoms with E-state index in [1.807, 2.05) is 17.7 Å². The van der Waals surface area contributed by atoms with Crippen molar-refractivity contribution in [2.75, 3.05) is 5.32 Å². The number of hydrogen-bond donors (Lipinski definition) is 1. The van der Waals surface area contributed by atoms with Gasteiger partial charge >= 0.3 is 0 Å². The van der Waals surface area contributed by atoms with E-state index in [0.29, 0.717) is 10.2 Å². The van der Waals surface area contributed by atoms with E-state index in [-0.39, 0.29) is 18.1 Å². The molecule has 2 heterocycles. The minimum Gasteiger partial charge on any atom is -0.378 e. The molecule has 20 heavy (non-hydrogen) atoms. The summed E-state index contributed by atoms with van der Waals surface area (Å²) in [5, 5.41) is 7.26. The lowest BCUT2D eigenvalue weighted by molar-refractivity contribution is 0.614. The molecule has 0 spiro atoms. The molecule has 6 nitrogen and oxygen atoms in total. The van der Waals surface area contributed by atoms with Crippen molar-refractivity contribution in [1.82, 2.24) is 19.3 Å². The molecule has 0 amide bonds. The van der Waals surface area contributed by atoms with E-state index >= 15 is 0 Å². The molecule has 0 aliphatic carbocycles. The number of rotatable bonds is 5. The van der Waals surface area contributed by atoms with Crippen LogP contribution in [0.15, 0.2) is 34.2 Å². The van der Waals surface area contributed by atoms with Crippen LogP contribution in [0.3, 0.4) is 0 Å². The summed E-state index contributed by atoms with van der Waals surface area (Å²) in [7, 11) is 0. The fourth-order valence-corrected chi connectivity index (χ4v) is 2.21. The number of hydrogen-bond acceptors (Lipinski definition) is 4. The highest BCUT2D eigenvalue weighted by atomic mass is 79.9. The van der Waals surface area contributed by atoms with Gasteiger partial charge in [-0.05, 0) is 22.9 Å². The molecule has 1 N–H and O–H groups in total. The molecule has 0 fully saturated rings. The smallest absolute Gasteiger partial charge is 0.284 e. The molecule has 7 heteroatoms. The molecule has 2 rings (SSSR count). The number of nitrogens with one attached hydrogen (secondary N) is 1. The van der Waals surface area contributed by atoms with E-state index in [9.17, 15) is 4.79 Å². The van der Waals surface area contributed by atoms with Gasteiger partial charge in [0.05, 0.1) is 18.2 Å². The Hall–Kier alpha value is -2.07. The van der Waals surface area contributed by atoms with Gasteiger partial charge < -0.3 is 9.88 Å². The zero-order valence-corrected chi connectivity index (χ0v) is 12.5. The Morgan fingerprint density at radius 1 is 1.60 bits per heavy atom. The first-order valence-corrected chi connectivity index (χ1v) is 6.82. The minimum atomic E-state index is -0.247. The Balaban J connectivity index is 2.12. The molecule has 1 atom stereocenters. The van der Waals surface area contributed by atoms with Crippen molar-refractivity contribution in [2.24, 2.45) is 0 Å². The SMILES string of the molecule is C#CCn1ncc(NC(C)Cn2ccnc2)c(Br)c1=O. The van der Waals surface area contributed by atoms with Gasteiger partial charge in [0.25, 0.3) is 5.56 Å². The summed E-state index contributed by atoms with van der Waals surface area (Å²) in [5.74, 6) is 2.39. The number of nitrogens with zero attached hydrogens (tertiary/aromatic N) is 4. The van der Waals surface area contributed by atoms with E-state index in [2.05, 4.69) is 37.2 Å². The Morgan fingerprint density at radius 3 is 3.05 bits per heavy atom. The Morgan fingerprint density at radius 2 is 2.40 bits per heavy atom. The Labute approximate surface area is 125 Å². The monoisotopic (exact) mass is 335 g/mol. The lowest BCUT2D eigenvalue weighted by Crippen LogP contribution is -2.27.